The minimum absolute atomic E-state index is 0.310. The molecule has 0 aliphatic rings. The third-order valence-electron chi connectivity index (χ3n) is 2.82. The van der Waals surface area contributed by atoms with Crippen LogP contribution in [0.2, 0.25) is 5.02 Å². The highest BCUT2D eigenvalue weighted by Gasteiger charge is 2.13. The first-order valence-corrected chi connectivity index (χ1v) is 9.14. The van der Waals surface area contributed by atoms with E-state index in [9.17, 15) is 0 Å². The van der Waals surface area contributed by atoms with Crippen LogP contribution in [0.4, 0.5) is 0 Å². The Morgan fingerprint density at radius 3 is 2.79 bits per heavy atom. The van der Waals surface area contributed by atoms with Gasteiger partial charge in [-0.2, -0.15) is 0 Å². The molecule has 1 N–H and O–H groups in total. The van der Waals surface area contributed by atoms with Crippen LogP contribution in [0.1, 0.15) is 23.4 Å². The summed E-state index contributed by atoms with van der Waals surface area (Å²) in [5.74, 6) is 0. The Morgan fingerprint density at radius 2 is 2.21 bits per heavy atom. The van der Waals surface area contributed by atoms with Crippen molar-refractivity contribution in [3.05, 3.63) is 53.2 Å². The van der Waals surface area contributed by atoms with Gasteiger partial charge in [0.05, 0.1) is 5.02 Å². The number of nitrogens with one attached hydrogen (secondary N) is 1. The quantitative estimate of drug-likeness (QED) is 0.556. The molecule has 19 heavy (non-hydrogen) atoms. The molecule has 1 heterocycles. The molecular weight excluding hydrogens is 456 g/mol. The molecule has 0 saturated carbocycles. The van der Waals surface area contributed by atoms with Gasteiger partial charge in [0.15, 0.2) is 0 Å². The molecule has 0 radical (unpaired) electrons. The molecule has 0 bridgehead atoms. The summed E-state index contributed by atoms with van der Waals surface area (Å²) in [5, 5.41) is 6.49. The van der Waals surface area contributed by atoms with Crippen LogP contribution < -0.4 is 5.32 Å². The van der Waals surface area contributed by atoms with Crippen LogP contribution in [0.25, 0.3) is 0 Å². The van der Waals surface area contributed by atoms with E-state index in [4.69, 9.17) is 11.6 Å². The average molecular weight is 471 g/mol. The third-order valence-corrected chi connectivity index (χ3v) is 6.12. The van der Waals surface area contributed by atoms with Crippen molar-refractivity contribution in [3.8, 4) is 0 Å². The van der Waals surface area contributed by atoms with Crippen LogP contribution in [0.15, 0.2) is 34.1 Å². The second kappa shape index (κ2) is 7.41. The number of thiophene rings is 1. The molecule has 0 aliphatic carbocycles. The van der Waals surface area contributed by atoms with E-state index in [1.54, 1.807) is 11.3 Å². The lowest BCUT2D eigenvalue weighted by Gasteiger charge is -2.18. The first kappa shape index (κ1) is 15.8. The molecule has 1 aromatic heterocycles. The predicted octanol–water partition coefficient (Wildman–Crippen LogP) is 5.66. The smallest absolute Gasteiger partial charge is 0.0542 e. The van der Waals surface area contributed by atoms with Crippen LogP contribution in [0.5, 0.6) is 0 Å². The maximum Gasteiger partial charge on any atom is 0.0542 e. The fourth-order valence-electron chi connectivity index (χ4n) is 1.95. The number of likely N-dealkylation sites (N-methyl/N-ethyl adjacent to an activating group) is 1. The number of hydrogen-bond donors (Lipinski definition) is 1. The Hall–Kier alpha value is 0.380. The second-order valence-electron chi connectivity index (χ2n) is 4.22. The standard InChI is InChI=1S/C14H14BrClINS/c1-2-18-14(7-11-6-10(15)8-19-11)9-3-4-13(17)12(16)5-9/h3-6,8,14,18H,2,7H2,1H3. The molecule has 1 atom stereocenters. The summed E-state index contributed by atoms with van der Waals surface area (Å²) in [4.78, 5) is 1.37. The lowest BCUT2D eigenvalue weighted by atomic mass is 10.0. The van der Waals surface area contributed by atoms with E-state index >= 15 is 0 Å². The fraction of sp³-hybridized carbons (Fsp3) is 0.286. The molecule has 2 aromatic rings. The van der Waals surface area contributed by atoms with Gasteiger partial charge < -0.3 is 5.32 Å². The van der Waals surface area contributed by atoms with Gasteiger partial charge in [-0.05, 0) is 68.8 Å². The van der Waals surface area contributed by atoms with Gasteiger partial charge in [-0.15, -0.1) is 11.3 Å². The Balaban J connectivity index is 2.21. The van der Waals surface area contributed by atoms with Gasteiger partial charge in [0.25, 0.3) is 0 Å². The summed E-state index contributed by atoms with van der Waals surface area (Å²) in [5.41, 5.74) is 1.25. The number of rotatable bonds is 5. The molecule has 0 amide bonds. The van der Waals surface area contributed by atoms with Crippen molar-refractivity contribution >= 4 is 61.5 Å². The summed E-state index contributed by atoms with van der Waals surface area (Å²) >= 11 is 13.8. The maximum absolute atomic E-state index is 6.22. The predicted molar refractivity (Wildman–Crippen MR) is 96.3 cm³/mol. The van der Waals surface area contributed by atoms with E-state index < -0.39 is 0 Å². The minimum Gasteiger partial charge on any atom is -0.310 e. The Morgan fingerprint density at radius 1 is 1.42 bits per heavy atom. The zero-order chi connectivity index (χ0) is 13.8. The molecule has 1 aromatic carbocycles. The van der Waals surface area contributed by atoms with Gasteiger partial charge in [0.2, 0.25) is 0 Å². The zero-order valence-electron chi connectivity index (χ0n) is 10.4. The summed E-state index contributed by atoms with van der Waals surface area (Å²) in [6.45, 7) is 3.08. The van der Waals surface area contributed by atoms with Crippen LogP contribution in [0, 0.1) is 3.57 Å². The van der Waals surface area contributed by atoms with Crippen molar-refractivity contribution in [2.24, 2.45) is 0 Å². The molecule has 0 fully saturated rings. The highest BCUT2D eigenvalue weighted by molar-refractivity contribution is 14.1. The summed E-state index contributed by atoms with van der Waals surface area (Å²) in [6.07, 6.45) is 0.987. The van der Waals surface area contributed by atoms with Crippen LogP contribution in [0.3, 0.4) is 0 Å². The topological polar surface area (TPSA) is 12.0 Å². The monoisotopic (exact) mass is 469 g/mol. The van der Waals surface area contributed by atoms with Crippen molar-refractivity contribution in [2.45, 2.75) is 19.4 Å². The van der Waals surface area contributed by atoms with Gasteiger partial charge in [-0.25, -0.2) is 0 Å². The Bertz CT molecular complexity index is 558. The summed E-state index contributed by atoms with van der Waals surface area (Å²) < 4.78 is 2.25. The first-order chi connectivity index (χ1) is 9.10. The van der Waals surface area contributed by atoms with Crippen LogP contribution in [-0.4, -0.2) is 6.54 Å². The van der Waals surface area contributed by atoms with E-state index in [-0.39, 0.29) is 0 Å². The number of hydrogen-bond acceptors (Lipinski definition) is 2. The lowest BCUT2D eigenvalue weighted by molar-refractivity contribution is 0.553. The largest absolute Gasteiger partial charge is 0.310 e. The average Bonchev–Trinajstić information content (AvgIpc) is 2.78. The van der Waals surface area contributed by atoms with Crippen molar-refractivity contribution in [1.82, 2.24) is 5.32 Å². The van der Waals surface area contributed by atoms with E-state index in [0.29, 0.717) is 6.04 Å². The van der Waals surface area contributed by atoms with E-state index in [2.05, 4.69) is 80.4 Å². The molecule has 1 unspecified atom stereocenters. The van der Waals surface area contributed by atoms with Gasteiger partial charge in [-0.3, -0.25) is 0 Å². The molecule has 0 saturated heterocycles. The van der Waals surface area contributed by atoms with Crippen molar-refractivity contribution in [3.63, 3.8) is 0 Å². The molecular formula is C14H14BrClINS. The van der Waals surface area contributed by atoms with E-state index in [0.717, 1.165) is 26.0 Å². The van der Waals surface area contributed by atoms with E-state index in [1.807, 2.05) is 0 Å². The molecule has 0 aliphatic heterocycles. The number of benzene rings is 1. The van der Waals surface area contributed by atoms with Crippen LogP contribution in [-0.2, 0) is 6.42 Å². The van der Waals surface area contributed by atoms with Crippen molar-refractivity contribution in [2.75, 3.05) is 6.54 Å². The minimum atomic E-state index is 0.310. The summed E-state index contributed by atoms with van der Waals surface area (Å²) in [6, 6.07) is 8.80. The fourth-order valence-corrected chi connectivity index (χ4v) is 3.97. The van der Waals surface area contributed by atoms with Crippen molar-refractivity contribution < 1.29 is 0 Å². The highest BCUT2D eigenvalue weighted by Crippen LogP contribution is 2.28. The SMILES string of the molecule is CCNC(Cc1cc(Br)cs1)c1ccc(I)c(Cl)c1. The maximum atomic E-state index is 6.22. The van der Waals surface area contributed by atoms with Gasteiger partial charge in [0, 0.05) is 30.8 Å². The van der Waals surface area contributed by atoms with E-state index in [1.165, 1.54) is 10.4 Å². The molecule has 2 rings (SSSR count). The first-order valence-electron chi connectivity index (χ1n) is 6.01. The summed E-state index contributed by atoms with van der Waals surface area (Å²) in [7, 11) is 0. The number of halogens is 3. The zero-order valence-corrected chi connectivity index (χ0v) is 15.7. The molecule has 5 heteroatoms. The van der Waals surface area contributed by atoms with Gasteiger partial charge >= 0.3 is 0 Å². The second-order valence-corrected chi connectivity index (χ2v) is 7.70. The normalized spacial score (nSPS) is 12.6. The highest BCUT2D eigenvalue weighted by atomic mass is 127. The van der Waals surface area contributed by atoms with Crippen molar-refractivity contribution in [1.29, 1.82) is 0 Å². The molecule has 1 nitrogen and oxygen atoms in total. The molecule has 0 spiro atoms. The van der Waals surface area contributed by atoms with Gasteiger partial charge in [0.1, 0.15) is 0 Å². The lowest BCUT2D eigenvalue weighted by Crippen LogP contribution is -2.22. The molecule has 102 valence electrons. The Kier molecular flexibility index (Phi) is 6.14. The Labute approximate surface area is 145 Å². The van der Waals surface area contributed by atoms with Gasteiger partial charge in [-0.1, -0.05) is 24.6 Å². The third kappa shape index (κ3) is 4.43. The van der Waals surface area contributed by atoms with Crippen LogP contribution >= 0.6 is 61.5 Å².